The lowest BCUT2D eigenvalue weighted by molar-refractivity contribution is -0.134. The van der Waals surface area contributed by atoms with Gasteiger partial charge in [-0.2, -0.15) is 5.10 Å². The largest absolute Gasteiger partial charge is 0.363 e. The number of ether oxygens (including phenoxy) is 1. The average Bonchev–Trinajstić information content (AvgIpc) is 3.36. The molecule has 23 heavy (non-hydrogen) atoms. The van der Waals surface area contributed by atoms with Gasteiger partial charge >= 0.3 is 0 Å². The van der Waals surface area contributed by atoms with Crippen molar-refractivity contribution in [3.8, 4) is 0 Å². The van der Waals surface area contributed by atoms with Crippen molar-refractivity contribution in [2.24, 2.45) is 7.05 Å². The van der Waals surface area contributed by atoms with Crippen LogP contribution in [0.25, 0.3) is 0 Å². The average molecular weight is 311 g/mol. The van der Waals surface area contributed by atoms with Crippen LogP contribution in [-0.4, -0.2) is 22.3 Å². The van der Waals surface area contributed by atoms with Crippen LogP contribution in [0.3, 0.4) is 0 Å². The summed E-state index contributed by atoms with van der Waals surface area (Å²) in [5.74, 6) is 0.547. The van der Waals surface area contributed by atoms with Gasteiger partial charge < -0.3 is 10.1 Å². The Kier molecular flexibility index (Phi) is 3.65. The molecule has 1 aliphatic carbocycles. The number of hydrogen-bond acceptors (Lipinski definition) is 3. The minimum absolute atomic E-state index is 0.0775. The van der Waals surface area contributed by atoms with E-state index in [-0.39, 0.29) is 5.91 Å². The van der Waals surface area contributed by atoms with Crippen molar-refractivity contribution in [3.05, 3.63) is 52.8 Å². The molecule has 1 fully saturated rings. The molecule has 0 saturated heterocycles. The molecule has 0 radical (unpaired) electrons. The highest BCUT2D eigenvalue weighted by Crippen LogP contribution is 2.39. The Morgan fingerprint density at radius 2 is 2.22 bits per heavy atom. The Bertz CT molecular complexity index is 734. The highest BCUT2D eigenvalue weighted by Gasteiger charge is 2.28. The summed E-state index contributed by atoms with van der Waals surface area (Å²) in [4.78, 5) is 12.5. The summed E-state index contributed by atoms with van der Waals surface area (Å²) in [5, 5.41) is 7.53. The molecule has 0 spiro atoms. The molecule has 2 aliphatic rings. The van der Waals surface area contributed by atoms with Gasteiger partial charge in [-0.3, -0.25) is 9.48 Å². The molecule has 120 valence electrons. The van der Waals surface area contributed by atoms with Crippen LogP contribution in [0.5, 0.6) is 0 Å². The number of nitrogens with one attached hydrogen (secondary N) is 1. The molecular weight excluding hydrogens is 290 g/mol. The first kappa shape index (κ1) is 14.5. The van der Waals surface area contributed by atoms with Gasteiger partial charge in [0.25, 0.3) is 5.91 Å². The summed E-state index contributed by atoms with van der Waals surface area (Å²) < 4.78 is 7.57. The Hall–Kier alpha value is -2.14. The second kappa shape index (κ2) is 5.81. The van der Waals surface area contributed by atoms with E-state index in [9.17, 15) is 4.79 Å². The van der Waals surface area contributed by atoms with Crippen LogP contribution in [0.2, 0.25) is 0 Å². The van der Waals surface area contributed by atoms with Gasteiger partial charge in [-0.1, -0.05) is 24.3 Å². The molecule has 1 aromatic heterocycles. The van der Waals surface area contributed by atoms with Crippen molar-refractivity contribution in [2.45, 2.75) is 37.8 Å². The lowest BCUT2D eigenvalue weighted by Crippen LogP contribution is -2.33. The third kappa shape index (κ3) is 2.88. The minimum atomic E-state index is -0.504. The monoisotopic (exact) mass is 311 g/mol. The first-order valence-electron chi connectivity index (χ1n) is 8.22. The lowest BCUT2D eigenvalue weighted by atomic mass is 9.97. The second-order valence-electron chi connectivity index (χ2n) is 6.38. The van der Waals surface area contributed by atoms with Crippen molar-refractivity contribution in [1.82, 2.24) is 15.1 Å². The van der Waals surface area contributed by atoms with E-state index in [1.807, 2.05) is 29.9 Å². The quantitative estimate of drug-likeness (QED) is 0.942. The van der Waals surface area contributed by atoms with E-state index in [2.05, 4.69) is 22.5 Å². The summed E-state index contributed by atoms with van der Waals surface area (Å²) in [6.45, 7) is 1.07. The van der Waals surface area contributed by atoms with Gasteiger partial charge in [0.15, 0.2) is 6.10 Å². The van der Waals surface area contributed by atoms with Crippen LogP contribution in [0.15, 0.2) is 30.3 Å². The maximum atomic E-state index is 12.5. The third-order valence-corrected chi connectivity index (χ3v) is 4.67. The molecule has 1 aliphatic heterocycles. The zero-order valence-electron chi connectivity index (χ0n) is 13.3. The van der Waals surface area contributed by atoms with E-state index in [1.54, 1.807) is 0 Å². The number of aromatic nitrogens is 2. The van der Waals surface area contributed by atoms with Crippen LogP contribution in [0.4, 0.5) is 0 Å². The van der Waals surface area contributed by atoms with Crippen molar-refractivity contribution < 1.29 is 9.53 Å². The number of nitrogens with zero attached hydrogens (tertiary/aromatic N) is 2. The number of fused-ring (bicyclic) bond motifs is 1. The fraction of sp³-hybridized carbons (Fsp3) is 0.444. The van der Waals surface area contributed by atoms with Crippen LogP contribution in [-0.2, 0) is 29.5 Å². The predicted octanol–water partition coefficient (Wildman–Crippen LogP) is 2.23. The molecule has 2 aromatic rings. The molecule has 5 heteroatoms. The second-order valence-corrected chi connectivity index (χ2v) is 6.38. The van der Waals surface area contributed by atoms with Gasteiger partial charge in [0.05, 0.1) is 24.5 Å². The maximum absolute atomic E-state index is 12.5. The number of carbonyl (C=O) groups excluding carboxylic acids is 1. The Morgan fingerprint density at radius 1 is 1.39 bits per heavy atom. The third-order valence-electron chi connectivity index (χ3n) is 4.67. The van der Waals surface area contributed by atoms with E-state index >= 15 is 0 Å². The molecule has 1 unspecified atom stereocenters. The van der Waals surface area contributed by atoms with E-state index in [0.717, 1.165) is 23.4 Å². The number of rotatable bonds is 4. The SMILES string of the molecule is Cn1nc(C2CC2)cc1CNC(=O)C1OCCc2ccccc21. The zero-order valence-corrected chi connectivity index (χ0v) is 13.3. The van der Waals surface area contributed by atoms with Crippen molar-refractivity contribution in [3.63, 3.8) is 0 Å². The van der Waals surface area contributed by atoms with E-state index < -0.39 is 6.10 Å². The molecule has 1 N–H and O–H groups in total. The van der Waals surface area contributed by atoms with E-state index in [4.69, 9.17) is 4.74 Å². The van der Waals surface area contributed by atoms with Crippen LogP contribution in [0.1, 0.15) is 47.4 Å². The number of hydrogen-bond donors (Lipinski definition) is 1. The highest BCUT2D eigenvalue weighted by molar-refractivity contribution is 5.82. The normalized spacial score (nSPS) is 20.1. The minimum Gasteiger partial charge on any atom is -0.363 e. The molecule has 1 amide bonds. The molecule has 1 saturated carbocycles. The van der Waals surface area contributed by atoms with E-state index in [1.165, 1.54) is 18.4 Å². The topological polar surface area (TPSA) is 56.2 Å². The van der Waals surface area contributed by atoms with Gasteiger partial charge in [-0.15, -0.1) is 0 Å². The van der Waals surface area contributed by atoms with Crippen LogP contribution >= 0.6 is 0 Å². The lowest BCUT2D eigenvalue weighted by Gasteiger charge is -2.25. The van der Waals surface area contributed by atoms with Gasteiger partial charge in [0, 0.05) is 13.0 Å². The predicted molar refractivity (Wildman–Crippen MR) is 85.9 cm³/mol. The first-order chi connectivity index (χ1) is 11.2. The molecule has 1 atom stereocenters. The summed E-state index contributed by atoms with van der Waals surface area (Å²) in [6, 6.07) is 10.1. The molecular formula is C18H21N3O2. The molecule has 4 rings (SSSR count). The summed E-state index contributed by atoms with van der Waals surface area (Å²) in [6.07, 6.45) is 2.83. The number of aryl methyl sites for hydroxylation is 1. The smallest absolute Gasteiger partial charge is 0.254 e. The fourth-order valence-corrected chi connectivity index (χ4v) is 3.16. The Balaban J connectivity index is 1.44. The first-order valence-corrected chi connectivity index (χ1v) is 8.22. The Labute approximate surface area is 135 Å². The maximum Gasteiger partial charge on any atom is 0.254 e. The number of carbonyl (C=O) groups is 1. The van der Waals surface area contributed by atoms with Crippen LogP contribution < -0.4 is 5.32 Å². The van der Waals surface area contributed by atoms with Crippen molar-refractivity contribution in [2.75, 3.05) is 6.61 Å². The van der Waals surface area contributed by atoms with Crippen LogP contribution in [0, 0.1) is 0 Å². The summed E-state index contributed by atoms with van der Waals surface area (Å²) in [7, 11) is 1.93. The Morgan fingerprint density at radius 3 is 3.04 bits per heavy atom. The van der Waals surface area contributed by atoms with Gasteiger partial charge in [0.2, 0.25) is 0 Å². The molecule has 2 heterocycles. The van der Waals surface area contributed by atoms with Gasteiger partial charge in [-0.05, 0) is 36.5 Å². The molecule has 1 aromatic carbocycles. The standard InChI is InChI=1S/C18H21N3O2/c1-21-14(10-16(20-21)13-6-7-13)11-19-18(22)17-15-5-3-2-4-12(15)8-9-23-17/h2-5,10,13,17H,6-9,11H2,1H3,(H,19,22). The number of benzene rings is 1. The summed E-state index contributed by atoms with van der Waals surface area (Å²) >= 11 is 0. The van der Waals surface area contributed by atoms with Gasteiger partial charge in [0.1, 0.15) is 0 Å². The molecule has 5 nitrogen and oxygen atoms in total. The van der Waals surface area contributed by atoms with Crippen molar-refractivity contribution >= 4 is 5.91 Å². The highest BCUT2D eigenvalue weighted by atomic mass is 16.5. The fourth-order valence-electron chi connectivity index (χ4n) is 3.16. The van der Waals surface area contributed by atoms with E-state index in [0.29, 0.717) is 19.1 Å². The van der Waals surface area contributed by atoms with Gasteiger partial charge in [-0.25, -0.2) is 0 Å². The van der Waals surface area contributed by atoms with Crippen molar-refractivity contribution in [1.29, 1.82) is 0 Å². The number of amides is 1. The molecule has 0 bridgehead atoms. The summed E-state index contributed by atoms with van der Waals surface area (Å²) in [5.41, 5.74) is 4.37. The zero-order chi connectivity index (χ0) is 15.8.